The van der Waals surface area contributed by atoms with Crippen molar-refractivity contribution in [2.75, 3.05) is 6.54 Å². The van der Waals surface area contributed by atoms with Crippen molar-refractivity contribution in [2.45, 2.75) is 109 Å². The van der Waals surface area contributed by atoms with E-state index in [1.807, 2.05) is 0 Å². The molecule has 0 saturated heterocycles. The van der Waals surface area contributed by atoms with Gasteiger partial charge in [0.05, 0.1) is 11.7 Å². The van der Waals surface area contributed by atoms with Gasteiger partial charge < -0.3 is 10.1 Å². The Bertz CT molecular complexity index is 299. The first-order valence-corrected chi connectivity index (χ1v) is 9.33. The van der Waals surface area contributed by atoms with Crippen LogP contribution in [0.3, 0.4) is 0 Å². The molecule has 0 aliphatic heterocycles. The molecule has 2 fully saturated rings. The average molecular weight is 296 g/mol. The van der Waals surface area contributed by atoms with Crippen LogP contribution in [-0.2, 0) is 4.74 Å². The summed E-state index contributed by atoms with van der Waals surface area (Å²) >= 11 is 0. The predicted molar refractivity (Wildman–Crippen MR) is 90.7 cm³/mol. The van der Waals surface area contributed by atoms with Gasteiger partial charge in [-0.05, 0) is 52.4 Å². The summed E-state index contributed by atoms with van der Waals surface area (Å²) in [6, 6.07) is 0. The van der Waals surface area contributed by atoms with Crippen LogP contribution in [0.15, 0.2) is 0 Å². The lowest BCUT2D eigenvalue weighted by molar-refractivity contribution is -0.131. The first-order chi connectivity index (χ1) is 9.90. The van der Waals surface area contributed by atoms with Gasteiger partial charge in [-0.3, -0.25) is 0 Å². The van der Waals surface area contributed by atoms with Crippen molar-refractivity contribution < 1.29 is 4.74 Å². The van der Waals surface area contributed by atoms with E-state index < -0.39 is 0 Å². The Morgan fingerprint density at radius 1 is 0.952 bits per heavy atom. The lowest BCUT2D eigenvalue weighted by Gasteiger charge is -2.42. The zero-order valence-electron chi connectivity index (χ0n) is 14.8. The fourth-order valence-corrected chi connectivity index (χ4v) is 3.91. The Balaban J connectivity index is 2.02. The number of hydrogen-bond donors (Lipinski definition) is 1. The maximum absolute atomic E-state index is 6.85. The minimum atomic E-state index is 0.0973. The molecule has 1 N–H and O–H groups in total. The molecule has 0 spiro atoms. The molecule has 2 unspecified atom stereocenters. The summed E-state index contributed by atoms with van der Waals surface area (Å²) in [5.41, 5.74) is 0.279. The van der Waals surface area contributed by atoms with E-state index in [0.29, 0.717) is 6.10 Å². The smallest absolute Gasteiger partial charge is 0.0810 e. The van der Waals surface area contributed by atoms with Gasteiger partial charge in [0.25, 0.3) is 0 Å². The second kappa shape index (κ2) is 7.46. The second-order valence-corrected chi connectivity index (χ2v) is 8.62. The first kappa shape index (κ1) is 17.3. The van der Waals surface area contributed by atoms with Crippen molar-refractivity contribution in [1.29, 1.82) is 0 Å². The van der Waals surface area contributed by atoms with Crippen molar-refractivity contribution in [3.63, 3.8) is 0 Å². The first-order valence-electron chi connectivity index (χ1n) is 9.33. The van der Waals surface area contributed by atoms with Crippen LogP contribution in [-0.4, -0.2) is 23.8 Å². The van der Waals surface area contributed by atoms with Crippen molar-refractivity contribution >= 4 is 0 Å². The molecule has 2 aliphatic carbocycles. The summed E-state index contributed by atoms with van der Waals surface area (Å²) < 4.78 is 6.85. The Morgan fingerprint density at radius 3 is 2.14 bits per heavy atom. The van der Waals surface area contributed by atoms with Crippen LogP contribution in [0, 0.1) is 5.92 Å². The van der Waals surface area contributed by atoms with Crippen LogP contribution >= 0.6 is 0 Å². The van der Waals surface area contributed by atoms with E-state index in [2.05, 4.69) is 33.0 Å². The Hall–Kier alpha value is -0.0800. The van der Waals surface area contributed by atoms with Crippen LogP contribution in [0.5, 0.6) is 0 Å². The highest BCUT2D eigenvalue weighted by Gasteiger charge is 2.37. The highest BCUT2D eigenvalue weighted by atomic mass is 16.5. The van der Waals surface area contributed by atoms with Gasteiger partial charge in [0.2, 0.25) is 0 Å². The van der Waals surface area contributed by atoms with Crippen molar-refractivity contribution in [3.05, 3.63) is 0 Å². The fourth-order valence-electron chi connectivity index (χ4n) is 3.91. The molecule has 0 bridgehead atoms. The number of rotatable bonds is 4. The van der Waals surface area contributed by atoms with Crippen molar-refractivity contribution in [2.24, 2.45) is 5.92 Å². The normalized spacial score (nSPS) is 30.9. The fraction of sp³-hybridized carbons (Fsp3) is 1.00. The highest BCUT2D eigenvalue weighted by molar-refractivity contribution is 4.90. The third-order valence-electron chi connectivity index (χ3n) is 5.39. The molecule has 0 aromatic carbocycles. The monoisotopic (exact) mass is 295 g/mol. The van der Waals surface area contributed by atoms with Gasteiger partial charge in [0.15, 0.2) is 0 Å². The summed E-state index contributed by atoms with van der Waals surface area (Å²) in [7, 11) is 0. The molecule has 21 heavy (non-hydrogen) atoms. The topological polar surface area (TPSA) is 21.3 Å². The molecule has 0 aromatic rings. The quantitative estimate of drug-likeness (QED) is 0.732. The molecule has 2 nitrogen and oxygen atoms in total. The van der Waals surface area contributed by atoms with Gasteiger partial charge in [-0.25, -0.2) is 0 Å². The van der Waals surface area contributed by atoms with Crippen LogP contribution in [0.25, 0.3) is 0 Å². The summed E-state index contributed by atoms with van der Waals surface area (Å²) in [6.45, 7) is 10.2. The maximum Gasteiger partial charge on any atom is 0.0810 e. The zero-order valence-corrected chi connectivity index (χ0v) is 14.8. The van der Waals surface area contributed by atoms with Crippen LogP contribution < -0.4 is 5.32 Å². The van der Waals surface area contributed by atoms with Crippen LogP contribution in [0.4, 0.5) is 0 Å². The number of nitrogens with one attached hydrogen (secondary N) is 1. The van der Waals surface area contributed by atoms with E-state index in [-0.39, 0.29) is 11.1 Å². The van der Waals surface area contributed by atoms with E-state index in [9.17, 15) is 0 Å². The number of ether oxygens (including phenoxy) is 1. The standard InChI is InChI=1S/C19H37NO/c1-16-11-7-8-12-17(16)21-19(15-20-18(2,3)4)13-9-5-6-10-14-19/h16-17,20H,5-15H2,1-4H3. The largest absolute Gasteiger partial charge is 0.370 e. The van der Waals surface area contributed by atoms with Crippen molar-refractivity contribution in [1.82, 2.24) is 5.32 Å². The third kappa shape index (κ3) is 5.56. The highest BCUT2D eigenvalue weighted by Crippen LogP contribution is 2.36. The molecule has 2 rings (SSSR count). The lowest BCUT2D eigenvalue weighted by atomic mass is 9.86. The van der Waals surface area contributed by atoms with Crippen LogP contribution in [0.1, 0.15) is 91.9 Å². The molecular weight excluding hydrogens is 258 g/mol. The SMILES string of the molecule is CC1CCCCC1OC1(CNC(C)(C)C)CCCCCC1. The summed E-state index contributed by atoms with van der Waals surface area (Å²) in [5, 5.41) is 3.74. The molecule has 2 atom stereocenters. The predicted octanol–water partition coefficient (Wildman–Crippen LogP) is 5.06. The van der Waals surface area contributed by atoms with Gasteiger partial charge in [0, 0.05) is 12.1 Å². The van der Waals surface area contributed by atoms with Crippen LogP contribution in [0.2, 0.25) is 0 Å². The molecular formula is C19H37NO. The molecule has 0 amide bonds. The van der Waals surface area contributed by atoms with Gasteiger partial charge >= 0.3 is 0 Å². The van der Waals surface area contributed by atoms with Gasteiger partial charge in [0.1, 0.15) is 0 Å². The maximum atomic E-state index is 6.85. The third-order valence-corrected chi connectivity index (χ3v) is 5.39. The van der Waals surface area contributed by atoms with Gasteiger partial charge in [-0.15, -0.1) is 0 Å². The molecule has 124 valence electrons. The minimum absolute atomic E-state index is 0.0973. The molecule has 0 radical (unpaired) electrons. The second-order valence-electron chi connectivity index (χ2n) is 8.62. The van der Waals surface area contributed by atoms with E-state index in [0.717, 1.165) is 12.5 Å². The van der Waals surface area contributed by atoms with E-state index in [4.69, 9.17) is 4.74 Å². The molecule has 2 heteroatoms. The number of hydrogen-bond acceptors (Lipinski definition) is 2. The molecule has 2 aliphatic rings. The van der Waals surface area contributed by atoms with E-state index in [1.54, 1.807) is 0 Å². The molecule has 2 saturated carbocycles. The van der Waals surface area contributed by atoms with Gasteiger partial charge in [-0.1, -0.05) is 45.4 Å². The average Bonchev–Trinajstić information content (AvgIpc) is 2.65. The van der Waals surface area contributed by atoms with E-state index in [1.165, 1.54) is 64.2 Å². The molecule has 0 heterocycles. The van der Waals surface area contributed by atoms with Gasteiger partial charge in [-0.2, -0.15) is 0 Å². The minimum Gasteiger partial charge on any atom is -0.370 e. The molecule has 0 aromatic heterocycles. The zero-order chi connectivity index (χ0) is 15.3. The Morgan fingerprint density at radius 2 is 1.57 bits per heavy atom. The lowest BCUT2D eigenvalue weighted by Crippen LogP contribution is -2.51. The summed E-state index contributed by atoms with van der Waals surface area (Å²) in [5.74, 6) is 0.744. The Kier molecular flexibility index (Phi) is 6.14. The van der Waals surface area contributed by atoms with Crippen molar-refractivity contribution in [3.8, 4) is 0 Å². The van der Waals surface area contributed by atoms with E-state index >= 15 is 0 Å². The summed E-state index contributed by atoms with van der Waals surface area (Å²) in [4.78, 5) is 0. The Labute approximate surface area is 132 Å². The summed E-state index contributed by atoms with van der Waals surface area (Å²) in [6.07, 6.45) is 13.8.